The third-order valence-electron chi connectivity index (χ3n) is 4.72. The maximum Gasteiger partial charge on any atom is 0.257 e. The molecule has 1 atom stereocenters. The van der Waals surface area contributed by atoms with E-state index in [0.29, 0.717) is 43.5 Å². The average molecular weight is 369 g/mol. The van der Waals surface area contributed by atoms with Gasteiger partial charge < -0.3 is 24.0 Å². The second-order valence-corrected chi connectivity index (χ2v) is 6.66. The molecule has 1 aromatic carbocycles. The molecule has 0 aliphatic carbocycles. The van der Waals surface area contributed by atoms with Gasteiger partial charge in [-0.3, -0.25) is 4.79 Å². The summed E-state index contributed by atoms with van der Waals surface area (Å²) in [6.45, 7) is 3.61. The summed E-state index contributed by atoms with van der Waals surface area (Å²) < 4.78 is 17.1. The zero-order valence-electron chi connectivity index (χ0n) is 15.3. The zero-order chi connectivity index (χ0) is 18.6. The lowest BCUT2D eigenvalue weighted by Gasteiger charge is -2.31. The van der Waals surface area contributed by atoms with Crippen LogP contribution in [-0.4, -0.2) is 68.4 Å². The van der Waals surface area contributed by atoms with Crippen LogP contribution in [0.5, 0.6) is 11.5 Å². The van der Waals surface area contributed by atoms with Crippen molar-refractivity contribution in [2.75, 3.05) is 51.4 Å². The highest BCUT2D eigenvalue weighted by molar-refractivity contribution is 5.98. The van der Waals surface area contributed by atoms with Crippen LogP contribution in [0.2, 0.25) is 0 Å². The van der Waals surface area contributed by atoms with E-state index in [-0.39, 0.29) is 12.0 Å². The van der Waals surface area contributed by atoms with E-state index in [1.165, 1.54) is 0 Å². The number of likely N-dealkylation sites (N-methyl/N-ethyl adjacent to an activating group) is 1. The first kappa shape index (κ1) is 17.6. The molecule has 1 amide bonds. The van der Waals surface area contributed by atoms with Gasteiger partial charge in [0.25, 0.3) is 5.91 Å². The van der Waals surface area contributed by atoms with E-state index in [2.05, 4.69) is 9.88 Å². The number of hydrogen-bond acceptors (Lipinski definition) is 6. The van der Waals surface area contributed by atoms with Gasteiger partial charge in [0, 0.05) is 26.3 Å². The van der Waals surface area contributed by atoms with Crippen molar-refractivity contribution in [2.45, 2.75) is 6.10 Å². The van der Waals surface area contributed by atoms with Crippen molar-refractivity contribution >= 4 is 11.7 Å². The number of fused-ring (bicyclic) bond motifs is 1. The molecule has 27 heavy (non-hydrogen) atoms. The molecule has 7 nitrogen and oxygen atoms in total. The predicted octanol–water partition coefficient (Wildman–Crippen LogP) is 1.83. The molecule has 1 aromatic heterocycles. The number of carbonyl (C=O) groups is 1. The molecule has 0 N–H and O–H groups in total. The maximum absolute atomic E-state index is 13.1. The van der Waals surface area contributed by atoms with Crippen LogP contribution >= 0.6 is 0 Å². The van der Waals surface area contributed by atoms with E-state index in [1.807, 2.05) is 30.3 Å². The van der Waals surface area contributed by atoms with Gasteiger partial charge in [-0.05, 0) is 24.3 Å². The van der Waals surface area contributed by atoms with Gasteiger partial charge in [-0.15, -0.1) is 0 Å². The van der Waals surface area contributed by atoms with Crippen molar-refractivity contribution in [2.24, 2.45) is 0 Å². The van der Waals surface area contributed by atoms with Crippen molar-refractivity contribution in [3.63, 3.8) is 0 Å². The zero-order valence-corrected chi connectivity index (χ0v) is 15.3. The van der Waals surface area contributed by atoms with Crippen LogP contribution in [0, 0.1) is 0 Å². The number of rotatable bonds is 4. The second kappa shape index (κ2) is 7.84. The quantitative estimate of drug-likeness (QED) is 0.819. The van der Waals surface area contributed by atoms with Crippen LogP contribution in [0.25, 0.3) is 0 Å². The van der Waals surface area contributed by atoms with E-state index in [1.54, 1.807) is 24.2 Å². The number of pyridine rings is 1. The van der Waals surface area contributed by atoms with Crippen molar-refractivity contribution in [1.82, 2.24) is 9.88 Å². The van der Waals surface area contributed by atoms with Gasteiger partial charge >= 0.3 is 0 Å². The van der Waals surface area contributed by atoms with E-state index in [0.717, 1.165) is 18.8 Å². The van der Waals surface area contributed by atoms with Crippen LogP contribution < -0.4 is 14.4 Å². The Morgan fingerprint density at radius 2 is 1.96 bits per heavy atom. The van der Waals surface area contributed by atoms with E-state index in [4.69, 9.17) is 14.2 Å². The molecule has 2 aliphatic rings. The fraction of sp³-hybridized carbons (Fsp3) is 0.400. The Morgan fingerprint density at radius 3 is 2.78 bits per heavy atom. The lowest BCUT2D eigenvalue weighted by molar-refractivity contribution is 0.0520. The lowest BCUT2D eigenvalue weighted by Crippen LogP contribution is -2.43. The smallest absolute Gasteiger partial charge is 0.257 e. The molecule has 142 valence electrons. The minimum atomic E-state index is -0.211. The van der Waals surface area contributed by atoms with Crippen molar-refractivity contribution < 1.29 is 19.0 Å². The van der Waals surface area contributed by atoms with E-state index in [9.17, 15) is 4.79 Å². The molecular formula is C20H23N3O4. The summed E-state index contributed by atoms with van der Waals surface area (Å²) in [5, 5.41) is 0. The fourth-order valence-corrected chi connectivity index (χ4v) is 3.34. The average Bonchev–Trinajstić information content (AvgIpc) is 2.73. The summed E-state index contributed by atoms with van der Waals surface area (Å²) in [4.78, 5) is 21.3. The second-order valence-electron chi connectivity index (χ2n) is 6.66. The Hall–Kier alpha value is -2.80. The van der Waals surface area contributed by atoms with Crippen LogP contribution in [0.1, 0.15) is 10.4 Å². The van der Waals surface area contributed by atoms with Crippen LogP contribution in [0.15, 0.2) is 42.6 Å². The Labute approximate surface area is 158 Å². The summed E-state index contributed by atoms with van der Waals surface area (Å²) in [5.41, 5.74) is 0.596. The van der Waals surface area contributed by atoms with Gasteiger partial charge in [0.1, 0.15) is 12.4 Å². The molecule has 0 radical (unpaired) electrons. The monoisotopic (exact) mass is 369 g/mol. The molecule has 1 saturated heterocycles. The number of aromatic nitrogens is 1. The van der Waals surface area contributed by atoms with Gasteiger partial charge in [0.05, 0.1) is 25.3 Å². The molecule has 2 aliphatic heterocycles. The number of hydrogen-bond donors (Lipinski definition) is 0. The van der Waals surface area contributed by atoms with Gasteiger partial charge in [-0.25, -0.2) is 4.98 Å². The van der Waals surface area contributed by atoms with Crippen molar-refractivity contribution in [3.05, 3.63) is 48.2 Å². The molecule has 4 rings (SSSR count). The lowest BCUT2D eigenvalue weighted by atomic mass is 10.2. The number of carbonyl (C=O) groups excluding carboxylic acids is 1. The molecule has 0 spiro atoms. The molecule has 2 aromatic rings. The molecule has 0 saturated carbocycles. The summed E-state index contributed by atoms with van der Waals surface area (Å²) in [6, 6.07) is 11.2. The SMILES string of the molecule is CN(C[C@H]1COc2ccccc2O1)C(=O)c1cccnc1N1CCOCC1. The number of nitrogens with zero attached hydrogens (tertiary/aromatic N) is 3. The first-order valence-corrected chi connectivity index (χ1v) is 9.14. The highest BCUT2D eigenvalue weighted by atomic mass is 16.6. The Morgan fingerprint density at radius 1 is 1.19 bits per heavy atom. The Balaban J connectivity index is 1.45. The van der Waals surface area contributed by atoms with Crippen LogP contribution in [-0.2, 0) is 4.74 Å². The van der Waals surface area contributed by atoms with Gasteiger partial charge in [-0.1, -0.05) is 12.1 Å². The molecule has 3 heterocycles. The number of amides is 1. The maximum atomic E-state index is 13.1. The topological polar surface area (TPSA) is 64.1 Å². The summed E-state index contributed by atoms with van der Waals surface area (Å²) in [6.07, 6.45) is 1.51. The van der Waals surface area contributed by atoms with E-state index >= 15 is 0 Å². The van der Waals surface area contributed by atoms with Crippen molar-refractivity contribution in [1.29, 1.82) is 0 Å². The van der Waals surface area contributed by atoms with Crippen molar-refractivity contribution in [3.8, 4) is 11.5 Å². The number of ether oxygens (including phenoxy) is 3. The normalized spacial score (nSPS) is 18.9. The van der Waals surface area contributed by atoms with Gasteiger partial charge in [0.2, 0.25) is 0 Å². The Bertz CT molecular complexity index is 807. The third-order valence-corrected chi connectivity index (χ3v) is 4.72. The molecular weight excluding hydrogens is 346 g/mol. The number of para-hydroxylation sites is 2. The Kier molecular flexibility index (Phi) is 5.11. The molecule has 1 fully saturated rings. The predicted molar refractivity (Wildman–Crippen MR) is 101 cm³/mol. The number of anilines is 1. The van der Waals surface area contributed by atoms with E-state index < -0.39 is 0 Å². The minimum absolute atomic E-state index is 0.0768. The van der Waals surface area contributed by atoms with Gasteiger partial charge in [-0.2, -0.15) is 0 Å². The summed E-state index contributed by atoms with van der Waals surface area (Å²) in [7, 11) is 1.78. The minimum Gasteiger partial charge on any atom is -0.486 e. The molecule has 7 heteroatoms. The highest BCUT2D eigenvalue weighted by Gasteiger charge is 2.26. The number of benzene rings is 1. The number of morpholine rings is 1. The highest BCUT2D eigenvalue weighted by Crippen LogP contribution is 2.31. The standard InChI is InChI=1S/C20H23N3O4/c1-22(13-15-14-26-17-6-2-3-7-18(17)27-15)20(24)16-5-4-8-21-19(16)23-9-11-25-12-10-23/h2-8,15H,9-14H2,1H3/t15-/m0/s1. The first-order valence-electron chi connectivity index (χ1n) is 9.14. The van der Waals surface area contributed by atoms with Crippen LogP contribution in [0.4, 0.5) is 5.82 Å². The fourth-order valence-electron chi connectivity index (χ4n) is 3.34. The molecule has 0 unspecified atom stereocenters. The largest absolute Gasteiger partial charge is 0.486 e. The first-order chi connectivity index (χ1) is 13.2. The molecule has 0 bridgehead atoms. The summed E-state index contributed by atoms with van der Waals surface area (Å²) >= 11 is 0. The summed E-state index contributed by atoms with van der Waals surface area (Å²) in [5.74, 6) is 2.09. The third kappa shape index (κ3) is 3.83. The van der Waals surface area contributed by atoms with Gasteiger partial charge in [0.15, 0.2) is 17.6 Å². The van der Waals surface area contributed by atoms with Crippen LogP contribution in [0.3, 0.4) is 0 Å².